The zero-order chi connectivity index (χ0) is 24.1. The van der Waals surface area contributed by atoms with Gasteiger partial charge in [0, 0.05) is 38.1 Å². The SMILES string of the molecule is O=S(=O)(Nc1ccccn1)c1ccc(Nc2nc(N3CCCCC3)nc(N3CCCCC3)n2)cc1. The van der Waals surface area contributed by atoms with Gasteiger partial charge in [-0.15, -0.1) is 0 Å². The maximum atomic E-state index is 12.7. The van der Waals surface area contributed by atoms with Crippen molar-refractivity contribution in [2.24, 2.45) is 0 Å². The molecule has 5 rings (SSSR count). The van der Waals surface area contributed by atoms with Gasteiger partial charge in [0.2, 0.25) is 17.8 Å². The summed E-state index contributed by atoms with van der Waals surface area (Å²) in [6.45, 7) is 3.77. The van der Waals surface area contributed by atoms with Crippen molar-refractivity contribution in [1.29, 1.82) is 0 Å². The molecule has 0 radical (unpaired) electrons. The Morgan fingerprint density at radius 3 is 1.86 bits per heavy atom. The average molecular weight is 495 g/mol. The number of pyridine rings is 1. The van der Waals surface area contributed by atoms with Crippen LogP contribution in [0.5, 0.6) is 0 Å². The van der Waals surface area contributed by atoms with Gasteiger partial charge < -0.3 is 15.1 Å². The minimum absolute atomic E-state index is 0.146. The molecule has 3 aromatic rings. The van der Waals surface area contributed by atoms with Crippen molar-refractivity contribution >= 4 is 39.4 Å². The van der Waals surface area contributed by atoms with Crippen LogP contribution in [0.25, 0.3) is 0 Å². The first-order chi connectivity index (χ1) is 17.1. The lowest BCUT2D eigenvalue weighted by Gasteiger charge is -2.30. The zero-order valence-electron chi connectivity index (χ0n) is 19.6. The first-order valence-corrected chi connectivity index (χ1v) is 13.6. The van der Waals surface area contributed by atoms with Crippen LogP contribution in [0.15, 0.2) is 53.6 Å². The predicted octanol–water partition coefficient (Wildman–Crippen LogP) is 3.79. The van der Waals surface area contributed by atoms with E-state index in [0.29, 0.717) is 23.5 Å². The second-order valence-electron chi connectivity index (χ2n) is 8.82. The smallest absolute Gasteiger partial charge is 0.263 e. The topological polar surface area (TPSA) is 116 Å². The highest BCUT2D eigenvalue weighted by molar-refractivity contribution is 7.92. The van der Waals surface area contributed by atoms with E-state index in [1.54, 1.807) is 42.5 Å². The van der Waals surface area contributed by atoms with E-state index >= 15 is 0 Å². The van der Waals surface area contributed by atoms with E-state index in [-0.39, 0.29) is 10.7 Å². The fourth-order valence-corrected chi connectivity index (χ4v) is 5.36. The molecular weight excluding hydrogens is 464 g/mol. The molecule has 0 saturated carbocycles. The maximum absolute atomic E-state index is 12.7. The second-order valence-corrected chi connectivity index (χ2v) is 10.5. The Hall–Kier alpha value is -3.47. The van der Waals surface area contributed by atoms with Crippen LogP contribution in [0.1, 0.15) is 38.5 Å². The molecule has 184 valence electrons. The molecular formula is C24H30N8O2S. The number of hydrogen-bond donors (Lipinski definition) is 2. The molecule has 4 heterocycles. The fourth-order valence-electron chi connectivity index (χ4n) is 4.35. The highest BCUT2D eigenvalue weighted by Gasteiger charge is 2.21. The number of aromatic nitrogens is 4. The van der Waals surface area contributed by atoms with Gasteiger partial charge in [0.1, 0.15) is 5.82 Å². The third-order valence-electron chi connectivity index (χ3n) is 6.21. The summed E-state index contributed by atoms with van der Waals surface area (Å²) in [5.41, 5.74) is 0.696. The van der Waals surface area contributed by atoms with Crippen molar-refractivity contribution in [3.63, 3.8) is 0 Å². The minimum Gasteiger partial charge on any atom is -0.341 e. The first kappa shape index (κ1) is 23.3. The molecule has 11 heteroatoms. The van der Waals surface area contributed by atoms with Crippen molar-refractivity contribution in [3.05, 3.63) is 48.7 Å². The van der Waals surface area contributed by atoms with Gasteiger partial charge in [-0.05, 0) is 74.9 Å². The van der Waals surface area contributed by atoms with Crippen molar-refractivity contribution in [2.75, 3.05) is 46.0 Å². The highest BCUT2D eigenvalue weighted by atomic mass is 32.2. The molecule has 2 fully saturated rings. The largest absolute Gasteiger partial charge is 0.341 e. The van der Waals surface area contributed by atoms with E-state index in [1.807, 2.05) is 0 Å². The Morgan fingerprint density at radius 1 is 0.714 bits per heavy atom. The van der Waals surface area contributed by atoms with Gasteiger partial charge in [0.15, 0.2) is 0 Å². The number of nitrogens with one attached hydrogen (secondary N) is 2. The van der Waals surface area contributed by atoms with Crippen molar-refractivity contribution in [2.45, 2.75) is 43.4 Å². The third-order valence-corrected chi connectivity index (χ3v) is 7.58. The molecule has 10 nitrogen and oxygen atoms in total. The van der Waals surface area contributed by atoms with E-state index in [4.69, 9.17) is 15.0 Å². The molecule has 0 atom stereocenters. The summed E-state index contributed by atoms with van der Waals surface area (Å²) in [5, 5.41) is 3.25. The van der Waals surface area contributed by atoms with Gasteiger partial charge in [-0.25, -0.2) is 13.4 Å². The van der Waals surface area contributed by atoms with Crippen LogP contribution in [0, 0.1) is 0 Å². The van der Waals surface area contributed by atoms with Crippen molar-refractivity contribution < 1.29 is 8.42 Å². The van der Waals surface area contributed by atoms with E-state index < -0.39 is 10.0 Å². The monoisotopic (exact) mass is 494 g/mol. The second kappa shape index (κ2) is 10.4. The summed E-state index contributed by atoms with van der Waals surface area (Å²) in [4.78, 5) is 22.8. The number of nitrogens with zero attached hydrogens (tertiary/aromatic N) is 6. The fraction of sp³-hybridized carbons (Fsp3) is 0.417. The standard InChI is InChI=1S/C24H30N8O2S/c33-35(34,30-21-9-3-4-14-25-21)20-12-10-19(11-13-20)26-22-27-23(31-15-5-1-6-16-31)29-24(28-22)32-17-7-2-8-18-32/h3-4,9-14H,1-2,5-8,15-18H2,(H,25,30)(H,26,27,28,29). The molecule has 0 bridgehead atoms. The lowest BCUT2D eigenvalue weighted by Crippen LogP contribution is -2.34. The van der Waals surface area contributed by atoms with E-state index in [0.717, 1.165) is 51.9 Å². The van der Waals surface area contributed by atoms with Crippen molar-refractivity contribution in [3.8, 4) is 0 Å². The number of sulfonamides is 1. The normalized spacial score (nSPS) is 16.7. The van der Waals surface area contributed by atoms with Crippen LogP contribution in [-0.2, 0) is 10.0 Å². The van der Waals surface area contributed by atoms with Gasteiger partial charge in [-0.2, -0.15) is 15.0 Å². The van der Waals surface area contributed by atoms with Gasteiger partial charge in [-0.3, -0.25) is 4.72 Å². The van der Waals surface area contributed by atoms with E-state index in [2.05, 4.69) is 24.8 Å². The number of benzene rings is 1. The van der Waals surface area contributed by atoms with Crippen LogP contribution in [0.2, 0.25) is 0 Å². The highest BCUT2D eigenvalue weighted by Crippen LogP contribution is 2.25. The van der Waals surface area contributed by atoms with Crippen LogP contribution in [0.4, 0.5) is 29.4 Å². The molecule has 0 unspecified atom stereocenters. The van der Waals surface area contributed by atoms with Crippen LogP contribution >= 0.6 is 0 Å². The van der Waals surface area contributed by atoms with E-state index in [9.17, 15) is 8.42 Å². The summed E-state index contributed by atoms with van der Waals surface area (Å²) < 4.78 is 27.9. The molecule has 2 aromatic heterocycles. The summed E-state index contributed by atoms with van der Waals surface area (Å²) in [7, 11) is -3.74. The van der Waals surface area contributed by atoms with Gasteiger partial charge in [0.25, 0.3) is 10.0 Å². The average Bonchev–Trinajstić information content (AvgIpc) is 2.90. The van der Waals surface area contributed by atoms with Gasteiger partial charge in [0.05, 0.1) is 4.90 Å². The molecule has 35 heavy (non-hydrogen) atoms. The number of piperidine rings is 2. The third kappa shape index (κ3) is 5.79. The molecule has 2 aliphatic heterocycles. The first-order valence-electron chi connectivity index (χ1n) is 12.1. The minimum atomic E-state index is -3.74. The van der Waals surface area contributed by atoms with Gasteiger partial charge in [-0.1, -0.05) is 6.07 Å². The number of anilines is 5. The Morgan fingerprint density at radius 2 is 1.31 bits per heavy atom. The Labute approximate surface area is 205 Å². The lowest BCUT2D eigenvalue weighted by atomic mass is 10.1. The predicted molar refractivity (Wildman–Crippen MR) is 137 cm³/mol. The summed E-state index contributed by atoms with van der Waals surface area (Å²) in [5.74, 6) is 2.13. The Kier molecular flexibility index (Phi) is 6.94. The van der Waals surface area contributed by atoms with Crippen LogP contribution in [-0.4, -0.2) is 54.5 Å². The molecule has 0 amide bonds. The molecule has 2 aliphatic rings. The summed E-state index contributed by atoms with van der Waals surface area (Å²) in [6.07, 6.45) is 8.54. The van der Waals surface area contributed by atoms with Crippen LogP contribution < -0.4 is 19.8 Å². The number of rotatable bonds is 7. The summed E-state index contributed by atoms with van der Waals surface area (Å²) >= 11 is 0. The van der Waals surface area contributed by atoms with Crippen LogP contribution in [0.3, 0.4) is 0 Å². The lowest BCUT2D eigenvalue weighted by molar-refractivity contribution is 0.556. The molecule has 0 spiro atoms. The van der Waals surface area contributed by atoms with Crippen molar-refractivity contribution in [1.82, 2.24) is 19.9 Å². The number of hydrogen-bond acceptors (Lipinski definition) is 9. The molecule has 2 saturated heterocycles. The maximum Gasteiger partial charge on any atom is 0.263 e. The van der Waals surface area contributed by atoms with Gasteiger partial charge >= 0.3 is 0 Å². The Balaban J connectivity index is 1.36. The summed E-state index contributed by atoms with van der Waals surface area (Å²) in [6, 6.07) is 11.6. The molecule has 2 N–H and O–H groups in total. The molecule has 1 aromatic carbocycles. The molecule has 0 aliphatic carbocycles. The van der Waals surface area contributed by atoms with E-state index in [1.165, 1.54) is 19.0 Å². The quantitative estimate of drug-likeness (QED) is 0.506. The Bertz CT molecular complexity index is 1190. The zero-order valence-corrected chi connectivity index (χ0v) is 20.4.